The zero-order valence-corrected chi connectivity index (χ0v) is 16.2. The van der Waals surface area contributed by atoms with Crippen molar-refractivity contribution in [3.63, 3.8) is 0 Å². The van der Waals surface area contributed by atoms with Crippen molar-refractivity contribution >= 4 is 17.6 Å². The van der Waals surface area contributed by atoms with Crippen molar-refractivity contribution < 1.29 is 9.59 Å². The third-order valence-corrected chi connectivity index (χ3v) is 4.96. The van der Waals surface area contributed by atoms with Crippen LogP contribution >= 0.6 is 0 Å². The minimum atomic E-state index is -0.271. The zero-order valence-electron chi connectivity index (χ0n) is 16.2. The van der Waals surface area contributed by atoms with Gasteiger partial charge in [0, 0.05) is 31.7 Å². The molecule has 1 aliphatic rings. The second-order valence-corrected chi connectivity index (χ2v) is 7.15. The van der Waals surface area contributed by atoms with Crippen molar-refractivity contribution in [1.82, 2.24) is 24.4 Å². The van der Waals surface area contributed by atoms with Crippen LogP contribution in [0.3, 0.4) is 0 Å². The summed E-state index contributed by atoms with van der Waals surface area (Å²) in [5, 5.41) is 2.85. The van der Waals surface area contributed by atoms with Crippen LogP contribution in [0.2, 0.25) is 0 Å². The van der Waals surface area contributed by atoms with Gasteiger partial charge in [-0.2, -0.15) is 0 Å². The molecule has 8 nitrogen and oxygen atoms in total. The van der Waals surface area contributed by atoms with Crippen molar-refractivity contribution in [2.45, 2.75) is 19.8 Å². The van der Waals surface area contributed by atoms with Gasteiger partial charge in [-0.25, -0.2) is 15.0 Å². The van der Waals surface area contributed by atoms with E-state index in [0.717, 1.165) is 18.4 Å². The predicted molar refractivity (Wildman–Crippen MR) is 108 cm³/mol. The summed E-state index contributed by atoms with van der Waals surface area (Å²) < 4.78 is 1.75. The van der Waals surface area contributed by atoms with Crippen LogP contribution < -0.4 is 5.32 Å². The first kappa shape index (κ1) is 18.8. The number of piperidine rings is 1. The van der Waals surface area contributed by atoms with Crippen LogP contribution in [-0.4, -0.2) is 49.3 Å². The van der Waals surface area contributed by atoms with Crippen LogP contribution in [0.4, 0.5) is 5.82 Å². The summed E-state index contributed by atoms with van der Waals surface area (Å²) in [7, 11) is 0. The number of aromatic nitrogens is 4. The van der Waals surface area contributed by atoms with Gasteiger partial charge < -0.3 is 10.2 Å². The Labute approximate surface area is 168 Å². The molecule has 1 unspecified atom stereocenters. The van der Waals surface area contributed by atoms with E-state index in [1.807, 2.05) is 19.1 Å². The summed E-state index contributed by atoms with van der Waals surface area (Å²) in [5.74, 6) is 0.605. The molecule has 1 N–H and O–H groups in total. The molecule has 0 radical (unpaired) electrons. The quantitative estimate of drug-likeness (QED) is 0.739. The van der Waals surface area contributed by atoms with Gasteiger partial charge in [-0.1, -0.05) is 12.1 Å². The van der Waals surface area contributed by atoms with Crippen LogP contribution in [0.5, 0.6) is 0 Å². The Morgan fingerprint density at radius 1 is 1.21 bits per heavy atom. The van der Waals surface area contributed by atoms with Crippen molar-refractivity contribution in [3.8, 4) is 5.82 Å². The molecule has 0 bridgehead atoms. The smallest absolute Gasteiger partial charge is 0.272 e. The number of hydrogen-bond acceptors (Lipinski definition) is 5. The highest BCUT2D eigenvalue weighted by atomic mass is 16.2. The van der Waals surface area contributed by atoms with E-state index >= 15 is 0 Å². The SMILES string of the molecule is Cc1ccc(NC(=O)C2CCCN(C(=O)c3cccc(-n4ccnc4)n3)C2)nc1. The van der Waals surface area contributed by atoms with E-state index < -0.39 is 0 Å². The Morgan fingerprint density at radius 3 is 2.86 bits per heavy atom. The summed E-state index contributed by atoms with van der Waals surface area (Å²) in [6, 6.07) is 9.00. The Bertz CT molecular complexity index is 1000. The number of carbonyl (C=O) groups excluding carboxylic acids is 2. The molecule has 2 amide bonds. The lowest BCUT2D eigenvalue weighted by atomic mass is 9.97. The molecule has 8 heteroatoms. The molecule has 4 heterocycles. The monoisotopic (exact) mass is 390 g/mol. The number of likely N-dealkylation sites (tertiary alicyclic amines) is 1. The fraction of sp³-hybridized carbons (Fsp3) is 0.286. The lowest BCUT2D eigenvalue weighted by Crippen LogP contribution is -2.44. The third kappa shape index (κ3) is 4.31. The number of pyridine rings is 2. The molecule has 0 aliphatic carbocycles. The van der Waals surface area contributed by atoms with E-state index in [0.29, 0.717) is 30.4 Å². The summed E-state index contributed by atoms with van der Waals surface area (Å²) in [6.45, 7) is 2.93. The standard InChI is InChI=1S/C21H22N6O2/c1-15-7-8-18(23-12-15)25-20(28)16-4-3-10-26(13-16)21(29)17-5-2-6-19(24-17)27-11-9-22-14-27/h2,5-9,11-12,14,16H,3-4,10,13H2,1H3,(H,23,25,28). The summed E-state index contributed by atoms with van der Waals surface area (Å²) >= 11 is 0. The maximum Gasteiger partial charge on any atom is 0.272 e. The topological polar surface area (TPSA) is 93.0 Å². The molecule has 1 atom stereocenters. The van der Waals surface area contributed by atoms with E-state index in [9.17, 15) is 9.59 Å². The van der Waals surface area contributed by atoms with Gasteiger partial charge in [-0.15, -0.1) is 0 Å². The lowest BCUT2D eigenvalue weighted by molar-refractivity contribution is -0.121. The number of aryl methyl sites for hydroxylation is 1. The van der Waals surface area contributed by atoms with Crippen LogP contribution in [-0.2, 0) is 4.79 Å². The van der Waals surface area contributed by atoms with E-state index in [4.69, 9.17) is 0 Å². The predicted octanol–water partition coefficient (Wildman–Crippen LogP) is 2.46. The molecule has 148 valence electrons. The van der Waals surface area contributed by atoms with Crippen LogP contribution in [0, 0.1) is 12.8 Å². The van der Waals surface area contributed by atoms with Gasteiger partial charge in [-0.3, -0.25) is 14.2 Å². The molecule has 1 fully saturated rings. The van der Waals surface area contributed by atoms with Gasteiger partial charge in [0.05, 0.1) is 5.92 Å². The van der Waals surface area contributed by atoms with Gasteiger partial charge in [0.25, 0.3) is 5.91 Å². The molecule has 4 rings (SSSR count). The highest BCUT2D eigenvalue weighted by Crippen LogP contribution is 2.20. The number of nitrogens with one attached hydrogen (secondary N) is 1. The Kier molecular flexibility index (Phi) is 5.33. The number of hydrogen-bond donors (Lipinski definition) is 1. The number of carbonyl (C=O) groups is 2. The highest BCUT2D eigenvalue weighted by molar-refractivity contribution is 5.95. The normalized spacial score (nSPS) is 16.4. The molecule has 1 saturated heterocycles. The van der Waals surface area contributed by atoms with E-state index in [-0.39, 0.29) is 17.7 Å². The third-order valence-electron chi connectivity index (χ3n) is 4.96. The number of anilines is 1. The van der Waals surface area contributed by atoms with E-state index in [1.165, 1.54) is 0 Å². The molecule has 0 saturated carbocycles. The largest absolute Gasteiger partial charge is 0.337 e. The number of imidazole rings is 1. The second kappa shape index (κ2) is 8.22. The van der Waals surface area contributed by atoms with E-state index in [2.05, 4.69) is 20.3 Å². The van der Waals surface area contributed by atoms with Crippen molar-refractivity contribution in [3.05, 3.63) is 66.5 Å². The molecule has 29 heavy (non-hydrogen) atoms. The van der Waals surface area contributed by atoms with Gasteiger partial charge in [-0.05, 0) is 43.5 Å². The van der Waals surface area contributed by atoms with E-state index in [1.54, 1.807) is 52.6 Å². The average molecular weight is 390 g/mol. The molecule has 0 spiro atoms. The maximum absolute atomic E-state index is 13.0. The summed E-state index contributed by atoms with van der Waals surface area (Å²) in [6.07, 6.45) is 8.29. The van der Waals surface area contributed by atoms with Gasteiger partial charge in [0.15, 0.2) is 0 Å². The molecular weight excluding hydrogens is 368 g/mol. The number of amides is 2. The van der Waals surface area contributed by atoms with Crippen molar-refractivity contribution in [2.24, 2.45) is 5.92 Å². The van der Waals surface area contributed by atoms with Crippen LogP contribution in [0.25, 0.3) is 5.82 Å². The molecular formula is C21H22N6O2. The fourth-order valence-electron chi connectivity index (χ4n) is 3.39. The average Bonchev–Trinajstić information content (AvgIpc) is 3.30. The fourth-order valence-corrected chi connectivity index (χ4v) is 3.39. The highest BCUT2D eigenvalue weighted by Gasteiger charge is 2.29. The molecule has 3 aromatic rings. The first-order valence-electron chi connectivity index (χ1n) is 9.58. The van der Waals surface area contributed by atoms with Crippen LogP contribution in [0.1, 0.15) is 28.9 Å². The molecule has 3 aromatic heterocycles. The van der Waals surface area contributed by atoms with Crippen molar-refractivity contribution in [1.29, 1.82) is 0 Å². The zero-order chi connectivity index (χ0) is 20.2. The molecule has 1 aliphatic heterocycles. The maximum atomic E-state index is 13.0. The van der Waals surface area contributed by atoms with Gasteiger partial charge in [0.2, 0.25) is 5.91 Å². The minimum Gasteiger partial charge on any atom is -0.337 e. The van der Waals surface area contributed by atoms with Crippen molar-refractivity contribution in [2.75, 3.05) is 18.4 Å². The number of nitrogens with zero attached hydrogens (tertiary/aromatic N) is 5. The number of rotatable bonds is 4. The summed E-state index contributed by atoms with van der Waals surface area (Å²) in [5.41, 5.74) is 1.39. The molecule has 0 aromatic carbocycles. The lowest BCUT2D eigenvalue weighted by Gasteiger charge is -2.31. The summed E-state index contributed by atoms with van der Waals surface area (Å²) in [4.78, 5) is 40.0. The Balaban J connectivity index is 1.44. The Hall–Kier alpha value is -3.55. The van der Waals surface area contributed by atoms with Gasteiger partial charge in [0.1, 0.15) is 23.7 Å². The first-order valence-corrected chi connectivity index (χ1v) is 9.58. The first-order chi connectivity index (χ1) is 14.1. The van der Waals surface area contributed by atoms with Crippen LogP contribution in [0.15, 0.2) is 55.2 Å². The Morgan fingerprint density at radius 2 is 2.10 bits per heavy atom. The van der Waals surface area contributed by atoms with Gasteiger partial charge >= 0.3 is 0 Å². The second-order valence-electron chi connectivity index (χ2n) is 7.15. The minimum absolute atomic E-state index is 0.112.